The lowest BCUT2D eigenvalue weighted by atomic mass is 10.1. The van der Waals surface area contributed by atoms with Crippen molar-refractivity contribution in [2.45, 2.75) is 26.3 Å². The van der Waals surface area contributed by atoms with Gasteiger partial charge in [-0.15, -0.1) is 0 Å². The second kappa shape index (κ2) is 7.94. The first-order valence-corrected chi connectivity index (χ1v) is 6.54. The van der Waals surface area contributed by atoms with E-state index >= 15 is 0 Å². The normalized spacial score (nSPS) is 12.6. The van der Waals surface area contributed by atoms with Crippen molar-refractivity contribution in [2.24, 2.45) is 0 Å². The van der Waals surface area contributed by atoms with Crippen molar-refractivity contribution in [3.63, 3.8) is 0 Å². The molecule has 0 spiro atoms. The van der Waals surface area contributed by atoms with Crippen LogP contribution in [0.4, 0.5) is 0 Å². The summed E-state index contributed by atoms with van der Waals surface area (Å²) in [5.74, 6) is -1.42. The summed E-state index contributed by atoms with van der Waals surface area (Å²) in [6.45, 7) is 3.56. The highest BCUT2D eigenvalue weighted by molar-refractivity contribution is 5.83. The number of esters is 1. The van der Waals surface area contributed by atoms with Crippen LogP contribution in [0, 0.1) is 0 Å². The first kappa shape index (κ1) is 16.6. The number of ether oxygens (including phenoxy) is 1. The number of phenols is 1. The number of aliphatic carboxylic acids is 1. The summed E-state index contributed by atoms with van der Waals surface area (Å²) >= 11 is 0. The molecule has 0 bridgehead atoms. The average molecular weight is 293 g/mol. The van der Waals surface area contributed by atoms with Crippen LogP contribution in [-0.4, -0.2) is 34.8 Å². The van der Waals surface area contributed by atoms with Gasteiger partial charge in [-0.1, -0.05) is 12.1 Å². The van der Waals surface area contributed by atoms with Crippen molar-refractivity contribution in [3.8, 4) is 5.75 Å². The molecule has 3 N–H and O–H groups in total. The van der Waals surface area contributed by atoms with Gasteiger partial charge in [-0.25, -0.2) is 9.59 Å². The number of benzene rings is 1. The fraction of sp³-hybridized carbons (Fsp3) is 0.333. The molecule has 0 aliphatic heterocycles. The molecule has 0 saturated heterocycles. The van der Waals surface area contributed by atoms with Crippen molar-refractivity contribution in [1.29, 1.82) is 0 Å². The van der Waals surface area contributed by atoms with E-state index in [4.69, 9.17) is 4.74 Å². The highest BCUT2D eigenvalue weighted by atomic mass is 16.5. The summed E-state index contributed by atoms with van der Waals surface area (Å²) in [4.78, 5) is 22.5. The van der Waals surface area contributed by atoms with Gasteiger partial charge in [0.2, 0.25) is 0 Å². The fourth-order valence-corrected chi connectivity index (χ4v) is 1.75. The zero-order valence-electron chi connectivity index (χ0n) is 12.0. The topological polar surface area (TPSA) is 95.9 Å². The van der Waals surface area contributed by atoms with E-state index < -0.39 is 18.0 Å². The van der Waals surface area contributed by atoms with Crippen LogP contribution in [0.5, 0.6) is 5.75 Å². The van der Waals surface area contributed by atoms with Gasteiger partial charge in [-0.2, -0.15) is 0 Å². The summed E-state index contributed by atoms with van der Waals surface area (Å²) in [6, 6.07) is 5.42. The Hall–Kier alpha value is -2.50. The molecule has 1 aromatic rings. The number of hydrogen-bond acceptors (Lipinski definition) is 5. The molecule has 0 unspecified atom stereocenters. The number of carbonyl (C=O) groups is 2. The van der Waals surface area contributed by atoms with E-state index in [0.29, 0.717) is 5.70 Å². The molecule has 6 heteroatoms. The summed E-state index contributed by atoms with van der Waals surface area (Å²) < 4.78 is 4.76. The number of carboxylic acid groups (broad SMARTS) is 1. The number of carboxylic acids is 1. The second-order valence-electron chi connectivity index (χ2n) is 4.49. The van der Waals surface area contributed by atoms with E-state index in [-0.39, 0.29) is 18.8 Å². The largest absolute Gasteiger partial charge is 0.508 e. The molecule has 0 amide bonds. The highest BCUT2D eigenvalue weighted by Crippen LogP contribution is 2.12. The van der Waals surface area contributed by atoms with Crippen molar-refractivity contribution in [2.75, 3.05) is 6.61 Å². The van der Waals surface area contributed by atoms with Gasteiger partial charge in [0.05, 0.1) is 6.61 Å². The minimum Gasteiger partial charge on any atom is -0.508 e. The monoisotopic (exact) mass is 293 g/mol. The molecule has 0 aliphatic carbocycles. The van der Waals surface area contributed by atoms with Gasteiger partial charge in [0.1, 0.15) is 11.8 Å². The number of carbonyl (C=O) groups excluding carboxylic acids is 1. The van der Waals surface area contributed by atoms with Gasteiger partial charge in [0, 0.05) is 18.2 Å². The Balaban J connectivity index is 2.72. The molecule has 6 nitrogen and oxygen atoms in total. The molecule has 1 aromatic carbocycles. The van der Waals surface area contributed by atoms with Crippen LogP contribution in [0.3, 0.4) is 0 Å². The number of rotatable bonds is 7. The maximum Gasteiger partial charge on any atom is 0.332 e. The highest BCUT2D eigenvalue weighted by Gasteiger charge is 2.18. The summed E-state index contributed by atoms with van der Waals surface area (Å²) in [6.07, 6.45) is 1.44. The van der Waals surface area contributed by atoms with Crippen LogP contribution in [0.1, 0.15) is 19.4 Å². The van der Waals surface area contributed by atoms with Crippen LogP contribution in [0.15, 0.2) is 36.0 Å². The van der Waals surface area contributed by atoms with E-state index in [0.717, 1.165) is 5.56 Å². The number of nitrogens with one attached hydrogen (secondary N) is 1. The maximum atomic E-state index is 11.3. The third-order valence-corrected chi connectivity index (χ3v) is 2.70. The number of aromatic hydroxyl groups is 1. The minimum absolute atomic E-state index is 0.122. The smallest absolute Gasteiger partial charge is 0.332 e. The van der Waals surface area contributed by atoms with Gasteiger partial charge >= 0.3 is 11.9 Å². The van der Waals surface area contributed by atoms with E-state index in [1.54, 1.807) is 26.0 Å². The molecular weight excluding hydrogens is 274 g/mol. The molecular formula is C15H19NO5. The zero-order valence-corrected chi connectivity index (χ0v) is 12.0. The first-order chi connectivity index (χ1) is 9.92. The van der Waals surface area contributed by atoms with Crippen LogP contribution in [-0.2, 0) is 20.7 Å². The summed E-state index contributed by atoms with van der Waals surface area (Å²) in [5, 5.41) is 21.2. The molecule has 114 valence electrons. The van der Waals surface area contributed by atoms with Crippen molar-refractivity contribution >= 4 is 11.9 Å². The van der Waals surface area contributed by atoms with E-state index in [9.17, 15) is 19.8 Å². The summed E-state index contributed by atoms with van der Waals surface area (Å²) in [7, 11) is 0. The standard InChI is InChI=1S/C15H19NO5/c1-3-21-14(18)8-10(2)16-13(15(19)20)9-11-4-6-12(17)7-5-11/h4-8,13,16-17H,3,9H2,1-2H3,(H,19,20)/b10-8+/t13-/m0/s1. The lowest BCUT2D eigenvalue weighted by Crippen LogP contribution is -2.37. The first-order valence-electron chi connectivity index (χ1n) is 6.54. The van der Waals surface area contributed by atoms with Gasteiger partial charge in [0.25, 0.3) is 0 Å². The van der Waals surface area contributed by atoms with E-state index in [1.165, 1.54) is 18.2 Å². The van der Waals surface area contributed by atoms with Gasteiger partial charge in [0.15, 0.2) is 0 Å². The molecule has 1 rings (SSSR count). The predicted molar refractivity (Wildman–Crippen MR) is 76.8 cm³/mol. The van der Waals surface area contributed by atoms with Crippen molar-refractivity contribution in [1.82, 2.24) is 5.32 Å². The number of phenolic OH excluding ortho intramolecular Hbond substituents is 1. The van der Waals surface area contributed by atoms with Crippen LogP contribution in [0.25, 0.3) is 0 Å². The third-order valence-electron chi connectivity index (χ3n) is 2.70. The molecule has 0 heterocycles. The van der Waals surface area contributed by atoms with Gasteiger partial charge in [-0.3, -0.25) is 0 Å². The Morgan fingerprint density at radius 2 is 1.95 bits per heavy atom. The minimum atomic E-state index is -1.03. The Morgan fingerprint density at radius 3 is 2.48 bits per heavy atom. The van der Waals surface area contributed by atoms with E-state index in [2.05, 4.69) is 5.32 Å². The number of hydrogen-bond donors (Lipinski definition) is 3. The maximum absolute atomic E-state index is 11.3. The molecule has 1 atom stereocenters. The summed E-state index contributed by atoms with van der Waals surface area (Å²) in [5.41, 5.74) is 1.18. The van der Waals surface area contributed by atoms with Crippen LogP contribution >= 0.6 is 0 Å². The molecule has 0 radical (unpaired) electrons. The average Bonchev–Trinajstić information content (AvgIpc) is 2.40. The second-order valence-corrected chi connectivity index (χ2v) is 4.49. The Morgan fingerprint density at radius 1 is 1.33 bits per heavy atom. The third kappa shape index (κ3) is 5.99. The molecule has 0 aliphatic rings. The quantitative estimate of drug-likeness (QED) is 0.520. The Labute approximate surface area is 123 Å². The zero-order chi connectivity index (χ0) is 15.8. The van der Waals surface area contributed by atoms with Gasteiger partial charge in [-0.05, 0) is 31.5 Å². The predicted octanol–water partition coefficient (Wildman–Crippen LogP) is 1.44. The van der Waals surface area contributed by atoms with Crippen LogP contribution in [0.2, 0.25) is 0 Å². The Kier molecular flexibility index (Phi) is 6.26. The van der Waals surface area contributed by atoms with Gasteiger partial charge < -0.3 is 20.3 Å². The van der Waals surface area contributed by atoms with Crippen LogP contribution < -0.4 is 5.32 Å². The lowest BCUT2D eigenvalue weighted by molar-refractivity contribution is -0.140. The Bertz CT molecular complexity index is 521. The molecule has 0 fully saturated rings. The molecule has 0 saturated carbocycles. The fourth-order valence-electron chi connectivity index (χ4n) is 1.75. The van der Waals surface area contributed by atoms with E-state index in [1.807, 2.05) is 0 Å². The molecule has 0 aromatic heterocycles. The number of allylic oxidation sites excluding steroid dienone is 1. The lowest BCUT2D eigenvalue weighted by Gasteiger charge is -2.16. The molecule has 21 heavy (non-hydrogen) atoms. The van der Waals surface area contributed by atoms with Crippen molar-refractivity contribution < 1.29 is 24.5 Å². The SMILES string of the molecule is CCOC(=O)/C=C(\C)N[C@@H](Cc1ccc(O)cc1)C(=O)O. The van der Waals surface area contributed by atoms with Crippen molar-refractivity contribution in [3.05, 3.63) is 41.6 Å².